The highest BCUT2D eigenvalue weighted by Crippen LogP contribution is 2.00. The van der Waals surface area contributed by atoms with Crippen LogP contribution in [0.3, 0.4) is 0 Å². The van der Waals surface area contributed by atoms with E-state index in [4.69, 9.17) is 15.9 Å². The van der Waals surface area contributed by atoms with Crippen LogP contribution in [0, 0.1) is 0 Å². The first kappa shape index (κ1) is 9.12. The third-order valence-electron chi connectivity index (χ3n) is 1.58. The molecule has 1 atom stereocenters. The standard InChI is InChI=1S/C8H12N2O2/c9-7(8(11)12)4-6-2-1-3-10-5-6/h1-3,5,7-8,11-12H,4,9H2/t7-/m0/s1. The number of nitrogens with two attached hydrogens (primary N) is 1. The van der Waals surface area contributed by atoms with Crippen molar-refractivity contribution in [3.63, 3.8) is 0 Å². The number of hydrogen-bond donors (Lipinski definition) is 3. The van der Waals surface area contributed by atoms with E-state index >= 15 is 0 Å². The third-order valence-corrected chi connectivity index (χ3v) is 1.58. The summed E-state index contributed by atoms with van der Waals surface area (Å²) >= 11 is 0. The van der Waals surface area contributed by atoms with Gasteiger partial charge in [-0.05, 0) is 18.1 Å². The maximum Gasteiger partial charge on any atom is 0.167 e. The average molecular weight is 168 g/mol. The van der Waals surface area contributed by atoms with Crippen molar-refractivity contribution in [3.05, 3.63) is 30.1 Å². The molecule has 0 aliphatic heterocycles. The molecule has 66 valence electrons. The summed E-state index contributed by atoms with van der Waals surface area (Å²) in [6, 6.07) is 2.98. The highest BCUT2D eigenvalue weighted by molar-refractivity contribution is 5.10. The predicted molar refractivity (Wildman–Crippen MR) is 44.1 cm³/mol. The third kappa shape index (κ3) is 2.58. The van der Waals surface area contributed by atoms with Gasteiger partial charge in [-0.1, -0.05) is 6.07 Å². The van der Waals surface area contributed by atoms with Crippen LogP contribution in [-0.4, -0.2) is 27.5 Å². The van der Waals surface area contributed by atoms with Gasteiger partial charge in [0.05, 0.1) is 6.04 Å². The minimum Gasteiger partial charge on any atom is -0.367 e. The Morgan fingerprint density at radius 1 is 1.50 bits per heavy atom. The SMILES string of the molecule is N[C@@H](Cc1cccnc1)C(O)O. The van der Waals surface area contributed by atoms with E-state index in [2.05, 4.69) is 4.98 Å². The topological polar surface area (TPSA) is 79.4 Å². The van der Waals surface area contributed by atoms with E-state index in [0.29, 0.717) is 6.42 Å². The summed E-state index contributed by atoms with van der Waals surface area (Å²) in [4.78, 5) is 3.88. The molecule has 1 aromatic rings. The Bertz CT molecular complexity index is 226. The fourth-order valence-corrected chi connectivity index (χ4v) is 0.896. The molecule has 0 spiro atoms. The Morgan fingerprint density at radius 3 is 2.75 bits per heavy atom. The maximum atomic E-state index is 8.69. The van der Waals surface area contributed by atoms with E-state index in [1.165, 1.54) is 0 Å². The van der Waals surface area contributed by atoms with Gasteiger partial charge in [0.2, 0.25) is 0 Å². The summed E-state index contributed by atoms with van der Waals surface area (Å²) in [6.45, 7) is 0. The van der Waals surface area contributed by atoms with Crippen LogP contribution in [0.1, 0.15) is 5.56 Å². The van der Waals surface area contributed by atoms with Crippen molar-refractivity contribution in [1.29, 1.82) is 0 Å². The highest BCUT2D eigenvalue weighted by atomic mass is 16.5. The number of rotatable bonds is 3. The number of nitrogens with zero attached hydrogens (tertiary/aromatic N) is 1. The zero-order valence-corrected chi connectivity index (χ0v) is 6.59. The molecule has 1 rings (SSSR count). The van der Waals surface area contributed by atoms with Gasteiger partial charge in [0, 0.05) is 12.4 Å². The molecule has 12 heavy (non-hydrogen) atoms. The van der Waals surface area contributed by atoms with E-state index < -0.39 is 12.3 Å². The number of aromatic nitrogens is 1. The van der Waals surface area contributed by atoms with Gasteiger partial charge in [-0.25, -0.2) is 0 Å². The molecule has 0 radical (unpaired) electrons. The molecule has 0 bridgehead atoms. The highest BCUT2D eigenvalue weighted by Gasteiger charge is 2.10. The van der Waals surface area contributed by atoms with Crippen LogP contribution in [0.4, 0.5) is 0 Å². The molecule has 0 aliphatic carbocycles. The quantitative estimate of drug-likeness (QED) is 0.519. The fraction of sp³-hybridized carbons (Fsp3) is 0.375. The Balaban J connectivity index is 2.53. The number of aliphatic hydroxyl groups excluding tert-OH is 1. The maximum absolute atomic E-state index is 8.69. The van der Waals surface area contributed by atoms with Crippen molar-refractivity contribution >= 4 is 0 Å². The normalized spacial score (nSPS) is 13.3. The van der Waals surface area contributed by atoms with Crippen LogP contribution in [0.15, 0.2) is 24.5 Å². The van der Waals surface area contributed by atoms with Crippen molar-refractivity contribution in [2.45, 2.75) is 18.8 Å². The van der Waals surface area contributed by atoms with Crippen LogP contribution in [0.25, 0.3) is 0 Å². The average Bonchev–Trinajstić information content (AvgIpc) is 2.06. The van der Waals surface area contributed by atoms with Gasteiger partial charge < -0.3 is 15.9 Å². The monoisotopic (exact) mass is 168 g/mol. The van der Waals surface area contributed by atoms with Crippen LogP contribution >= 0.6 is 0 Å². The van der Waals surface area contributed by atoms with Crippen LogP contribution in [-0.2, 0) is 6.42 Å². The second-order valence-electron chi connectivity index (χ2n) is 2.64. The van der Waals surface area contributed by atoms with Crippen molar-refractivity contribution in [2.75, 3.05) is 0 Å². The fourth-order valence-electron chi connectivity index (χ4n) is 0.896. The van der Waals surface area contributed by atoms with Crippen LogP contribution in [0.2, 0.25) is 0 Å². The molecule has 1 heterocycles. The van der Waals surface area contributed by atoms with Gasteiger partial charge in [0.25, 0.3) is 0 Å². The molecular weight excluding hydrogens is 156 g/mol. The number of aliphatic hydroxyl groups is 2. The van der Waals surface area contributed by atoms with Crippen molar-refractivity contribution in [2.24, 2.45) is 5.73 Å². The Hall–Kier alpha value is -0.970. The summed E-state index contributed by atoms with van der Waals surface area (Å²) in [5.41, 5.74) is 6.32. The van der Waals surface area contributed by atoms with Crippen molar-refractivity contribution in [3.8, 4) is 0 Å². The van der Waals surface area contributed by atoms with Gasteiger partial charge >= 0.3 is 0 Å². The molecule has 0 fully saturated rings. The lowest BCUT2D eigenvalue weighted by molar-refractivity contribution is -0.0577. The number of hydrogen-bond acceptors (Lipinski definition) is 4. The summed E-state index contributed by atoms with van der Waals surface area (Å²) in [6.07, 6.45) is 2.27. The van der Waals surface area contributed by atoms with Crippen LogP contribution in [0.5, 0.6) is 0 Å². The lowest BCUT2D eigenvalue weighted by Crippen LogP contribution is -2.36. The largest absolute Gasteiger partial charge is 0.367 e. The van der Waals surface area contributed by atoms with E-state index in [1.54, 1.807) is 18.5 Å². The lowest BCUT2D eigenvalue weighted by atomic mass is 10.1. The molecule has 1 aromatic heterocycles. The molecule has 0 saturated carbocycles. The predicted octanol–water partition coefficient (Wildman–Crippen LogP) is -0.738. The summed E-state index contributed by atoms with van der Waals surface area (Å²) in [7, 11) is 0. The first-order valence-electron chi connectivity index (χ1n) is 3.71. The Labute approximate surface area is 70.7 Å². The molecular formula is C8H12N2O2. The molecule has 4 N–H and O–H groups in total. The van der Waals surface area contributed by atoms with Gasteiger partial charge in [0.15, 0.2) is 6.29 Å². The lowest BCUT2D eigenvalue weighted by Gasteiger charge is -2.12. The number of pyridine rings is 1. The van der Waals surface area contributed by atoms with Crippen molar-refractivity contribution in [1.82, 2.24) is 4.98 Å². The molecule has 0 saturated heterocycles. The molecule has 4 heteroatoms. The second-order valence-corrected chi connectivity index (χ2v) is 2.64. The van der Waals surface area contributed by atoms with E-state index in [1.807, 2.05) is 6.07 Å². The minimum atomic E-state index is -1.47. The van der Waals surface area contributed by atoms with E-state index in [9.17, 15) is 0 Å². The van der Waals surface area contributed by atoms with E-state index in [-0.39, 0.29) is 0 Å². The van der Waals surface area contributed by atoms with Gasteiger partial charge in [-0.15, -0.1) is 0 Å². The zero-order valence-electron chi connectivity index (χ0n) is 6.59. The molecule has 0 aliphatic rings. The minimum absolute atomic E-state index is 0.422. The molecule has 0 amide bonds. The Morgan fingerprint density at radius 2 is 2.25 bits per heavy atom. The van der Waals surface area contributed by atoms with Gasteiger partial charge in [0.1, 0.15) is 0 Å². The smallest absolute Gasteiger partial charge is 0.167 e. The molecule has 0 unspecified atom stereocenters. The molecule has 4 nitrogen and oxygen atoms in total. The zero-order chi connectivity index (χ0) is 8.97. The summed E-state index contributed by atoms with van der Waals surface area (Å²) in [5.74, 6) is 0. The summed E-state index contributed by atoms with van der Waals surface area (Å²) in [5, 5.41) is 17.4. The van der Waals surface area contributed by atoms with Crippen LogP contribution < -0.4 is 5.73 Å². The molecule has 0 aromatic carbocycles. The van der Waals surface area contributed by atoms with E-state index in [0.717, 1.165) is 5.56 Å². The summed E-state index contributed by atoms with van der Waals surface area (Å²) < 4.78 is 0. The Kier molecular flexibility index (Phi) is 3.16. The van der Waals surface area contributed by atoms with Crippen molar-refractivity contribution < 1.29 is 10.2 Å². The first-order valence-corrected chi connectivity index (χ1v) is 3.71. The van der Waals surface area contributed by atoms with Gasteiger partial charge in [-0.2, -0.15) is 0 Å². The van der Waals surface area contributed by atoms with Gasteiger partial charge in [-0.3, -0.25) is 4.98 Å². The second kappa shape index (κ2) is 4.15. The first-order chi connectivity index (χ1) is 5.70.